The van der Waals surface area contributed by atoms with Gasteiger partial charge in [-0.15, -0.1) is 5.10 Å². The lowest BCUT2D eigenvalue weighted by molar-refractivity contribution is 0.0992. The lowest BCUT2D eigenvalue weighted by Crippen LogP contribution is -2.10. The number of nitrogens with zero attached hydrogens (tertiary/aromatic N) is 2. The van der Waals surface area contributed by atoms with Crippen LogP contribution in [0, 0.1) is 0 Å². The smallest absolute Gasteiger partial charge is 0.322 e. The molecule has 0 aliphatic heterocycles. The first kappa shape index (κ1) is 15.3. The summed E-state index contributed by atoms with van der Waals surface area (Å²) in [5.74, 6) is 0.715. The van der Waals surface area contributed by atoms with E-state index < -0.39 is 5.91 Å². The molecule has 0 unspecified atom stereocenters. The van der Waals surface area contributed by atoms with E-state index in [9.17, 15) is 4.79 Å². The second-order valence-corrected chi connectivity index (χ2v) is 5.21. The van der Waals surface area contributed by atoms with E-state index in [1.807, 2.05) is 19.1 Å². The predicted molar refractivity (Wildman–Crippen MR) is 85.3 cm³/mol. The van der Waals surface area contributed by atoms with Gasteiger partial charge in [0.15, 0.2) is 10.4 Å². The predicted octanol–water partition coefficient (Wildman–Crippen LogP) is 3.74. The Morgan fingerprint density at radius 3 is 2.61 bits per heavy atom. The number of nitrogens with one attached hydrogen (secondary N) is 1. The molecule has 2 aromatic heterocycles. The zero-order valence-corrected chi connectivity index (χ0v) is 13.7. The van der Waals surface area contributed by atoms with E-state index in [0.29, 0.717) is 17.2 Å². The molecule has 23 heavy (non-hydrogen) atoms. The molecule has 0 fully saturated rings. The van der Waals surface area contributed by atoms with Crippen molar-refractivity contribution >= 4 is 27.9 Å². The highest BCUT2D eigenvalue weighted by Gasteiger charge is 2.15. The fourth-order valence-electron chi connectivity index (χ4n) is 1.85. The van der Waals surface area contributed by atoms with Crippen LogP contribution in [-0.4, -0.2) is 22.7 Å². The molecule has 0 radical (unpaired) electrons. The maximum atomic E-state index is 11.9. The van der Waals surface area contributed by atoms with Crippen molar-refractivity contribution in [3.05, 3.63) is 46.8 Å². The number of amides is 1. The third-order valence-electron chi connectivity index (χ3n) is 2.85. The lowest BCUT2D eigenvalue weighted by Gasteiger charge is -2.02. The van der Waals surface area contributed by atoms with Crippen LogP contribution in [0.25, 0.3) is 11.5 Å². The van der Waals surface area contributed by atoms with Crippen LogP contribution in [0.5, 0.6) is 5.75 Å². The molecule has 0 saturated carbocycles. The van der Waals surface area contributed by atoms with Crippen molar-refractivity contribution in [2.24, 2.45) is 0 Å². The third kappa shape index (κ3) is 3.59. The van der Waals surface area contributed by atoms with Crippen molar-refractivity contribution in [1.29, 1.82) is 0 Å². The molecule has 3 aromatic rings. The summed E-state index contributed by atoms with van der Waals surface area (Å²) in [6.45, 7) is 2.51. The zero-order valence-electron chi connectivity index (χ0n) is 12.1. The van der Waals surface area contributed by atoms with Crippen molar-refractivity contribution in [1.82, 2.24) is 10.2 Å². The van der Waals surface area contributed by atoms with Crippen LogP contribution < -0.4 is 10.1 Å². The number of hydrogen-bond acceptors (Lipinski definition) is 6. The molecule has 0 atom stereocenters. The Morgan fingerprint density at radius 2 is 1.96 bits per heavy atom. The van der Waals surface area contributed by atoms with Crippen molar-refractivity contribution in [2.45, 2.75) is 6.92 Å². The first-order valence-electron chi connectivity index (χ1n) is 6.79. The molecule has 118 valence electrons. The fourth-order valence-corrected chi connectivity index (χ4v) is 2.15. The number of furan rings is 1. The lowest BCUT2D eigenvalue weighted by atomic mass is 10.2. The van der Waals surface area contributed by atoms with E-state index in [1.165, 1.54) is 6.07 Å². The van der Waals surface area contributed by atoms with Gasteiger partial charge < -0.3 is 13.6 Å². The number of benzene rings is 1. The number of halogens is 1. The maximum Gasteiger partial charge on any atom is 0.322 e. The van der Waals surface area contributed by atoms with Crippen molar-refractivity contribution < 1.29 is 18.4 Å². The Hall–Kier alpha value is -2.61. The van der Waals surface area contributed by atoms with E-state index in [2.05, 4.69) is 31.4 Å². The number of rotatable bonds is 5. The Morgan fingerprint density at radius 1 is 1.17 bits per heavy atom. The van der Waals surface area contributed by atoms with Gasteiger partial charge in [-0.2, -0.15) is 0 Å². The number of carbonyl (C=O) groups is 1. The Kier molecular flexibility index (Phi) is 4.42. The molecule has 7 nitrogen and oxygen atoms in total. The van der Waals surface area contributed by atoms with E-state index >= 15 is 0 Å². The first-order valence-corrected chi connectivity index (χ1v) is 7.58. The quantitative estimate of drug-likeness (QED) is 0.727. The molecule has 0 aliphatic rings. The van der Waals surface area contributed by atoms with Crippen molar-refractivity contribution in [3.63, 3.8) is 0 Å². The minimum Gasteiger partial charge on any atom is -0.494 e. The highest BCUT2D eigenvalue weighted by atomic mass is 79.9. The molecule has 1 N–H and O–H groups in total. The van der Waals surface area contributed by atoms with Crippen LogP contribution in [0.3, 0.4) is 0 Å². The van der Waals surface area contributed by atoms with Gasteiger partial charge in [-0.1, -0.05) is 5.10 Å². The molecule has 0 bridgehead atoms. The summed E-state index contributed by atoms with van der Waals surface area (Å²) in [5.41, 5.74) is 0.724. The Bertz CT molecular complexity index is 810. The zero-order chi connectivity index (χ0) is 16.2. The van der Waals surface area contributed by atoms with Crippen LogP contribution in [0.2, 0.25) is 0 Å². The highest BCUT2D eigenvalue weighted by Crippen LogP contribution is 2.23. The highest BCUT2D eigenvalue weighted by molar-refractivity contribution is 9.10. The van der Waals surface area contributed by atoms with Crippen LogP contribution in [0.4, 0.5) is 6.01 Å². The molecule has 2 heterocycles. The SMILES string of the molecule is CCOc1ccc(-c2nnc(NC(=O)c3ccc(Br)o3)o2)cc1. The number of hydrogen-bond donors (Lipinski definition) is 1. The van der Waals surface area contributed by atoms with Gasteiger partial charge in [0.2, 0.25) is 5.89 Å². The Balaban J connectivity index is 1.71. The topological polar surface area (TPSA) is 90.4 Å². The first-order chi connectivity index (χ1) is 11.2. The van der Waals surface area contributed by atoms with Crippen LogP contribution >= 0.6 is 15.9 Å². The second kappa shape index (κ2) is 6.66. The summed E-state index contributed by atoms with van der Waals surface area (Å²) in [7, 11) is 0. The van der Waals surface area contributed by atoms with Gasteiger partial charge in [0.1, 0.15) is 5.75 Å². The fraction of sp³-hybridized carbons (Fsp3) is 0.133. The van der Waals surface area contributed by atoms with Gasteiger partial charge in [0, 0.05) is 5.56 Å². The molecule has 8 heteroatoms. The standard InChI is InChI=1S/C15H12BrN3O4/c1-2-21-10-5-3-9(4-6-10)14-18-19-15(23-14)17-13(20)11-7-8-12(16)22-11/h3-8H,2H2,1H3,(H,17,19,20). The summed E-state index contributed by atoms with van der Waals surface area (Å²) >= 11 is 3.13. The Labute approximate surface area is 139 Å². The number of ether oxygens (including phenoxy) is 1. The number of aromatic nitrogens is 2. The van der Waals surface area contributed by atoms with Gasteiger partial charge in [0.25, 0.3) is 5.91 Å². The molecular formula is C15H12BrN3O4. The van der Waals surface area contributed by atoms with Crippen molar-refractivity contribution in [3.8, 4) is 17.2 Å². The van der Waals surface area contributed by atoms with Gasteiger partial charge in [-0.25, -0.2) is 0 Å². The molecule has 1 aromatic carbocycles. The molecule has 1 amide bonds. The summed E-state index contributed by atoms with van der Waals surface area (Å²) in [4.78, 5) is 11.9. The number of carbonyl (C=O) groups excluding carboxylic acids is 1. The maximum absolute atomic E-state index is 11.9. The van der Waals surface area contributed by atoms with E-state index in [4.69, 9.17) is 13.6 Å². The van der Waals surface area contributed by atoms with Crippen LogP contribution in [-0.2, 0) is 0 Å². The summed E-state index contributed by atoms with van der Waals surface area (Å²) in [6, 6.07) is 10.4. The molecule has 3 rings (SSSR count). The summed E-state index contributed by atoms with van der Waals surface area (Å²) in [5, 5.41) is 10.2. The van der Waals surface area contributed by atoms with Crippen LogP contribution in [0.15, 0.2) is 49.9 Å². The average Bonchev–Trinajstić information content (AvgIpc) is 3.18. The van der Waals surface area contributed by atoms with Gasteiger partial charge >= 0.3 is 6.01 Å². The largest absolute Gasteiger partial charge is 0.494 e. The molecule has 0 saturated heterocycles. The molecule has 0 spiro atoms. The summed E-state index contributed by atoms with van der Waals surface area (Å²) in [6.07, 6.45) is 0. The van der Waals surface area contributed by atoms with Gasteiger partial charge in [-0.05, 0) is 59.3 Å². The normalized spacial score (nSPS) is 10.5. The molecular weight excluding hydrogens is 366 g/mol. The third-order valence-corrected chi connectivity index (χ3v) is 3.28. The summed E-state index contributed by atoms with van der Waals surface area (Å²) < 4.78 is 16.4. The van der Waals surface area contributed by atoms with Crippen LogP contribution in [0.1, 0.15) is 17.5 Å². The monoisotopic (exact) mass is 377 g/mol. The van der Waals surface area contributed by atoms with Gasteiger partial charge in [0.05, 0.1) is 6.61 Å². The molecule has 0 aliphatic carbocycles. The van der Waals surface area contributed by atoms with E-state index in [-0.39, 0.29) is 11.8 Å². The minimum absolute atomic E-state index is 0.00796. The van der Waals surface area contributed by atoms with E-state index in [1.54, 1.807) is 18.2 Å². The number of anilines is 1. The van der Waals surface area contributed by atoms with Crippen molar-refractivity contribution in [2.75, 3.05) is 11.9 Å². The van der Waals surface area contributed by atoms with E-state index in [0.717, 1.165) is 11.3 Å². The minimum atomic E-state index is -0.474. The second-order valence-electron chi connectivity index (χ2n) is 4.43. The average molecular weight is 378 g/mol. The van der Waals surface area contributed by atoms with Gasteiger partial charge in [-0.3, -0.25) is 10.1 Å².